The maximum atomic E-state index is 10.7. The average molecular weight is 142 g/mol. The van der Waals surface area contributed by atoms with E-state index in [2.05, 4.69) is 5.32 Å². The highest BCUT2D eigenvalue weighted by Crippen LogP contribution is 1.89. The minimum Gasteiger partial charge on any atom is -0.370 e. The maximum absolute atomic E-state index is 10.7. The van der Waals surface area contributed by atoms with Gasteiger partial charge in [-0.05, 0) is 0 Å². The van der Waals surface area contributed by atoms with Gasteiger partial charge in [-0.3, -0.25) is 10.2 Å². The van der Waals surface area contributed by atoms with Crippen LogP contribution >= 0.6 is 0 Å². The van der Waals surface area contributed by atoms with Crippen LogP contribution in [0.4, 0.5) is 0 Å². The summed E-state index contributed by atoms with van der Waals surface area (Å²) in [6, 6.07) is 0. The molecule has 1 rings (SSSR count). The van der Waals surface area contributed by atoms with Gasteiger partial charge in [0.15, 0.2) is 5.96 Å². The van der Waals surface area contributed by atoms with E-state index in [1.165, 1.54) is 4.90 Å². The van der Waals surface area contributed by atoms with E-state index in [9.17, 15) is 4.79 Å². The van der Waals surface area contributed by atoms with Gasteiger partial charge in [-0.2, -0.15) is 0 Å². The third-order valence-corrected chi connectivity index (χ3v) is 1.38. The predicted molar refractivity (Wildman–Crippen MR) is 36.5 cm³/mol. The zero-order valence-electron chi connectivity index (χ0n) is 5.55. The number of amides is 1. The van der Waals surface area contributed by atoms with Crippen LogP contribution in [0.5, 0.6) is 0 Å². The number of hydrogen-bond acceptors (Lipinski definition) is 2. The van der Waals surface area contributed by atoms with E-state index in [-0.39, 0.29) is 18.4 Å². The zero-order chi connectivity index (χ0) is 7.56. The number of hydrogen-bond donors (Lipinski definition) is 3. The standard InChI is InChI=1S/C5H10N4O/c6-5(7)9-2-1-8-4(10)3-9/h1-3H2,(H3,6,7)(H,8,10). The maximum Gasteiger partial charge on any atom is 0.239 e. The summed E-state index contributed by atoms with van der Waals surface area (Å²) >= 11 is 0. The molecule has 5 heteroatoms. The molecule has 0 aromatic rings. The normalized spacial score (nSPS) is 18.4. The molecular formula is C5H10N4O. The first-order chi connectivity index (χ1) is 4.70. The molecule has 1 aliphatic rings. The number of guanidine groups is 1. The molecule has 1 saturated heterocycles. The van der Waals surface area contributed by atoms with Crippen molar-refractivity contribution in [2.24, 2.45) is 5.73 Å². The fourth-order valence-corrected chi connectivity index (χ4v) is 0.844. The van der Waals surface area contributed by atoms with E-state index >= 15 is 0 Å². The number of rotatable bonds is 0. The topological polar surface area (TPSA) is 82.2 Å². The highest BCUT2D eigenvalue weighted by molar-refractivity contribution is 5.85. The van der Waals surface area contributed by atoms with Crippen LogP contribution in [0.15, 0.2) is 0 Å². The first-order valence-electron chi connectivity index (χ1n) is 3.06. The van der Waals surface area contributed by atoms with Crippen LogP contribution in [0.25, 0.3) is 0 Å². The number of carbonyl (C=O) groups is 1. The van der Waals surface area contributed by atoms with Crippen molar-refractivity contribution in [3.63, 3.8) is 0 Å². The molecule has 1 heterocycles. The molecule has 4 N–H and O–H groups in total. The van der Waals surface area contributed by atoms with Gasteiger partial charge in [0.1, 0.15) is 0 Å². The summed E-state index contributed by atoms with van der Waals surface area (Å²) in [7, 11) is 0. The van der Waals surface area contributed by atoms with Crippen molar-refractivity contribution in [2.75, 3.05) is 19.6 Å². The van der Waals surface area contributed by atoms with Crippen LogP contribution in [0, 0.1) is 5.41 Å². The summed E-state index contributed by atoms with van der Waals surface area (Å²) in [5.41, 5.74) is 5.16. The van der Waals surface area contributed by atoms with Crippen molar-refractivity contribution in [1.29, 1.82) is 5.41 Å². The van der Waals surface area contributed by atoms with Gasteiger partial charge in [0.25, 0.3) is 0 Å². The van der Waals surface area contributed by atoms with Crippen LogP contribution in [0.2, 0.25) is 0 Å². The van der Waals surface area contributed by atoms with Crippen molar-refractivity contribution in [1.82, 2.24) is 10.2 Å². The largest absolute Gasteiger partial charge is 0.370 e. The number of nitrogens with two attached hydrogens (primary N) is 1. The Hall–Kier alpha value is -1.26. The van der Waals surface area contributed by atoms with Gasteiger partial charge in [-0.25, -0.2) is 0 Å². The zero-order valence-corrected chi connectivity index (χ0v) is 5.55. The molecule has 5 nitrogen and oxygen atoms in total. The summed E-state index contributed by atoms with van der Waals surface area (Å²) in [5.74, 6) is -0.101. The number of carbonyl (C=O) groups excluding carboxylic acids is 1. The van der Waals surface area contributed by atoms with E-state index in [0.717, 1.165) is 0 Å². The average Bonchev–Trinajstić information content (AvgIpc) is 1.88. The second-order valence-corrected chi connectivity index (χ2v) is 2.16. The number of piperazine rings is 1. The van der Waals surface area contributed by atoms with E-state index in [1.807, 2.05) is 0 Å². The molecule has 0 unspecified atom stereocenters. The lowest BCUT2D eigenvalue weighted by molar-refractivity contribution is -0.122. The lowest BCUT2D eigenvalue weighted by atomic mass is 10.4. The van der Waals surface area contributed by atoms with Crippen molar-refractivity contribution in [2.45, 2.75) is 0 Å². The van der Waals surface area contributed by atoms with Gasteiger partial charge in [0.05, 0.1) is 6.54 Å². The predicted octanol–water partition coefficient (Wildman–Crippen LogP) is -1.69. The lowest BCUT2D eigenvalue weighted by Gasteiger charge is -2.26. The smallest absolute Gasteiger partial charge is 0.239 e. The molecule has 10 heavy (non-hydrogen) atoms. The summed E-state index contributed by atoms with van der Waals surface area (Å²) in [4.78, 5) is 12.2. The third kappa shape index (κ3) is 1.37. The summed E-state index contributed by atoms with van der Waals surface area (Å²) in [6.45, 7) is 1.44. The van der Waals surface area contributed by atoms with Crippen LogP contribution in [-0.4, -0.2) is 36.4 Å². The molecule has 56 valence electrons. The van der Waals surface area contributed by atoms with Gasteiger partial charge >= 0.3 is 0 Å². The van der Waals surface area contributed by atoms with Gasteiger partial charge in [0, 0.05) is 13.1 Å². The Labute approximate surface area is 58.7 Å². The molecule has 0 radical (unpaired) electrons. The first kappa shape index (κ1) is 6.85. The van der Waals surface area contributed by atoms with Crippen molar-refractivity contribution >= 4 is 11.9 Å². The van der Waals surface area contributed by atoms with Crippen molar-refractivity contribution in [3.8, 4) is 0 Å². The van der Waals surface area contributed by atoms with Crippen LogP contribution in [-0.2, 0) is 4.79 Å². The summed E-state index contributed by atoms with van der Waals surface area (Å²) in [5, 5.41) is 9.64. The number of nitrogens with zero attached hydrogens (tertiary/aromatic N) is 1. The third-order valence-electron chi connectivity index (χ3n) is 1.38. The van der Waals surface area contributed by atoms with Crippen LogP contribution in [0.3, 0.4) is 0 Å². The molecular weight excluding hydrogens is 132 g/mol. The molecule has 0 saturated carbocycles. The van der Waals surface area contributed by atoms with Gasteiger partial charge in [-0.1, -0.05) is 0 Å². The van der Waals surface area contributed by atoms with E-state index in [4.69, 9.17) is 11.1 Å². The van der Waals surface area contributed by atoms with E-state index < -0.39 is 0 Å². The Kier molecular flexibility index (Phi) is 1.75. The molecule has 1 fully saturated rings. The summed E-state index contributed by atoms with van der Waals surface area (Å²) in [6.07, 6.45) is 0. The minimum absolute atomic E-state index is 0.0325. The Morgan fingerprint density at radius 2 is 2.50 bits per heavy atom. The molecule has 1 amide bonds. The molecule has 0 spiro atoms. The van der Waals surface area contributed by atoms with Crippen LogP contribution < -0.4 is 11.1 Å². The van der Waals surface area contributed by atoms with Crippen molar-refractivity contribution < 1.29 is 4.79 Å². The number of nitrogens with one attached hydrogen (secondary N) is 2. The Balaban J connectivity index is 2.47. The second kappa shape index (κ2) is 2.55. The molecule has 0 aromatic heterocycles. The highest BCUT2D eigenvalue weighted by Gasteiger charge is 2.15. The quantitative estimate of drug-likeness (QED) is 0.279. The molecule has 0 aromatic carbocycles. The Morgan fingerprint density at radius 3 is 2.90 bits per heavy atom. The molecule has 0 bridgehead atoms. The van der Waals surface area contributed by atoms with E-state index in [1.54, 1.807) is 0 Å². The SMILES string of the molecule is N=C(N)N1CCNC(=O)C1. The Bertz CT molecular complexity index is 165. The van der Waals surface area contributed by atoms with Gasteiger partial charge < -0.3 is 16.0 Å². The minimum atomic E-state index is -0.0681. The second-order valence-electron chi connectivity index (χ2n) is 2.16. The highest BCUT2D eigenvalue weighted by atomic mass is 16.2. The van der Waals surface area contributed by atoms with Crippen LogP contribution in [0.1, 0.15) is 0 Å². The van der Waals surface area contributed by atoms with Gasteiger partial charge in [0.2, 0.25) is 5.91 Å². The Morgan fingerprint density at radius 1 is 1.80 bits per heavy atom. The van der Waals surface area contributed by atoms with Crippen molar-refractivity contribution in [3.05, 3.63) is 0 Å². The molecule has 0 aliphatic carbocycles. The fraction of sp³-hybridized carbons (Fsp3) is 0.600. The van der Waals surface area contributed by atoms with Gasteiger partial charge in [-0.15, -0.1) is 0 Å². The first-order valence-corrected chi connectivity index (χ1v) is 3.06. The fourth-order valence-electron chi connectivity index (χ4n) is 0.844. The molecule has 1 aliphatic heterocycles. The summed E-state index contributed by atoms with van der Waals surface area (Å²) < 4.78 is 0. The molecule has 0 atom stereocenters. The monoisotopic (exact) mass is 142 g/mol. The van der Waals surface area contributed by atoms with E-state index in [0.29, 0.717) is 13.1 Å². The lowest BCUT2D eigenvalue weighted by Crippen LogP contribution is -2.51.